The van der Waals surface area contributed by atoms with Crippen molar-refractivity contribution >= 4 is 10.9 Å². The van der Waals surface area contributed by atoms with Gasteiger partial charge in [-0.3, -0.25) is 4.98 Å². The summed E-state index contributed by atoms with van der Waals surface area (Å²) in [5, 5.41) is 3.98. The summed E-state index contributed by atoms with van der Waals surface area (Å²) in [6.07, 6.45) is 1.71. The van der Waals surface area contributed by atoms with Crippen molar-refractivity contribution in [1.29, 1.82) is 0 Å². The first kappa shape index (κ1) is 13.6. The third kappa shape index (κ3) is 2.50. The first-order valence-electron chi connectivity index (χ1n) is 6.66. The molecule has 0 bridgehead atoms. The van der Waals surface area contributed by atoms with Gasteiger partial charge in [0.2, 0.25) is 0 Å². The zero-order valence-electron chi connectivity index (χ0n) is 11.5. The lowest BCUT2D eigenvalue weighted by molar-refractivity contribution is 0.559. The Morgan fingerprint density at radius 3 is 2.67 bits per heavy atom. The standard InChI is InChI=1S/C17H14F2N2/c1-20-17(14-10-11(18)7-8-15(14)19)13-4-2-6-16-12(13)5-3-9-21-16/h2-10,17,20H,1H3. The molecule has 4 heteroatoms. The van der Waals surface area contributed by atoms with Crippen molar-refractivity contribution in [2.24, 2.45) is 0 Å². The van der Waals surface area contributed by atoms with Crippen molar-refractivity contribution in [3.05, 3.63) is 77.5 Å². The van der Waals surface area contributed by atoms with Gasteiger partial charge in [0.25, 0.3) is 0 Å². The summed E-state index contributed by atoms with van der Waals surface area (Å²) in [7, 11) is 1.73. The van der Waals surface area contributed by atoms with Crippen LogP contribution >= 0.6 is 0 Å². The van der Waals surface area contributed by atoms with Crippen molar-refractivity contribution in [2.45, 2.75) is 6.04 Å². The van der Waals surface area contributed by atoms with E-state index in [2.05, 4.69) is 10.3 Å². The molecule has 1 N–H and O–H groups in total. The zero-order chi connectivity index (χ0) is 14.8. The molecule has 1 heterocycles. The van der Waals surface area contributed by atoms with E-state index in [9.17, 15) is 8.78 Å². The number of benzene rings is 2. The molecule has 2 nitrogen and oxygen atoms in total. The first-order chi connectivity index (χ1) is 10.2. The van der Waals surface area contributed by atoms with Crippen LogP contribution in [0, 0.1) is 11.6 Å². The molecule has 0 aliphatic heterocycles. The van der Waals surface area contributed by atoms with E-state index < -0.39 is 17.7 Å². The summed E-state index contributed by atoms with van der Waals surface area (Å²) in [4.78, 5) is 4.30. The lowest BCUT2D eigenvalue weighted by atomic mass is 9.95. The first-order valence-corrected chi connectivity index (χ1v) is 6.66. The monoisotopic (exact) mass is 284 g/mol. The lowest BCUT2D eigenvalue weighted by Crippen LogP contribution is -2.19. The predicted octanol–water partition coefficient (Wildman–Crippen LogP) is 3.82. The van der Waals surface area contributed by atoms with Crippen molar-refractivity contribution in [3.63, 3.8) is 0 Å². The van der Waals surface area contributed by atoms with E-state index in [4.69, 9.17) is 0 Å². The Balaban J connectivity index is 2.21. The van der Waals surface area contributed by atoms with Crippen LogP contribution in [-0.2, 0) is 0 Å². The molecule has 1 aromatic heterocycles. The molecule has 3 rings (SSSR count). The Bertz CT molecular complexity index is 781. The Kier molecular flexibility index (Phi) is 3.62. The van der Waals surface area contributed by atoms with Crippen LogP contribution < -0.4 is 5.32 Å². The maximum absolute atomic E-state index is 14.1. The Morgan fingerprint density at radius 2 is 1.86 bits per heavy atom. The van der Waals surface area contributed by atoms with E-state index in [1.165, 1.54) is 6.07 Å². The van der Waals surface area contributed by atoms with E-state index >= 15 is 0 Å². The SMILES string of the molecule is CNC(c1cc(F)ccc1F)c1cccc2ncccc12. The van der Waals surface area contributed by atoms with Gasteiger partial charge >= 0.3 is 0 Å². The Morgan fingerprint density at radius 1 is 1.00 bits per heavy atom. The van der Waals surface area contributed by atoms with Crippen LogP contribution in [0.25, 0.3) is 10.9 Å². The minimum Gasteiger partial charge on any atom is -0.309 e. The van der Waals surface area contributed by atoms with Crippen LogP contribution in [0.4, 0.5) is 8.78 Å². The van der Waals surface area contributed by atoms with E-state index in [0.29, 0.717) is 0 Å². The zero-order valence-corrected chi connectivity index (χ0v) is 11.5. The minimum absolute atomic E-state index is 0.286. The van der Waals surface area contributed by atoms with Crippen molar-refractivity contribution in [2.75, 3.05) is 7.05 Å². The smallest absolute Gasteiger partial charge is 0.128 e. The second-order valence-corrected chi connectivity index (χ2v) is 4.80. The molecule has 0 aliphatic carbocycles. The number of aromatic nitrogens is 1. The molecule has 0 aliphatic rings. The molecule has 0 saturated heterocycles. The van der Waals surface area contributed by atoms with Gasteiger partial charge in [-0.1, -0.05) is 18.2 Å². The number of hydrogen-bond acceptors (Lipinski definition) is 2. The van der Waals surface area contributed by atoms with Crippen LogP contribution in [0.5, 0.6) is 0 Å². The maximum Gasteiger partial charge on any atom is 0.128 e. The summed E-state index contributed by atoms with van der Waals surface area (Å²) >= 11 is 0. The molecule has 3 aromatic rings. The van der Waals surface area contributed by atoms with E-state index in [1.807, 2.05) is 30.3 Å². The van der Waals surface area contributed by atoms with Crippen molar-refractivity contribution < 1.29 is 8.78 Å². The quantitative estimate of drug-likeness (QED) is 0.791. The second-order valence-electron chi connectivity index (χ2n) is 4.80. The number of hydrogen-bond donors (Lipinski definition) is 1. The van der Waals surface area contributed by atoms with E-state index in [0.717, 1.165) is 28.6 Å². The van der Waals surface area contributed by atoms with Gasteiger partial charge < -0.3 is 5.32 Å². The van der Waals surface area contributed by atoms with Crippen LogP contribution in [-0.4, -0.2) is 12.0 Å². The summed E-state index contributed by atoms with van der Waals surface area (Å²) in [6.45, 7) is 0. The molecule has 1 unspecified atom stereocenters. The molecular weight excluding hydrogens is 270 g/mol. The van der Waals surface area contributed by atoms with Crippen molar-refractivity contribution in [1.82, 2.24) is 10.3 Å². The number of halogens is 2. The highest BCUT2D eigenvalue weighted by Gasteiger charge is 2.19. The van der Waals surface area contributed by atoms with Gasteiger partial charge in [0.15, 0.2) is 0 Å². The van der Waals surface area contributed by atoms with Crippen LogP contribution in [0.1, 0.15) is 17.2 Å². The van der Waals surface area contributed by atoms with Gasteiger partial charge in [-0.25, -0.2) is 8.78 Å². The van der Waals surface area contributed by atoms with Gasteiger partial charge in [-0.05, 0) is 42.9 Å². The van der Waals surface area contributed by atoms with E-state index in [1.54, 1.807) is 13.2 Å². The number of nitrogens with zero attached hydrogens (tertiary/aromatic N) is 1. The average Bonchev–Trinajstić information content (AvgIpc) is 2.51. The molecule has 0 spiro atoms. The highest BCUT2D eigenvalue weighted by molar-refractivity contribution is 5.83. The van der Waals surface area contributed by atoms with Crippen LogP contribution in [0.3, 0.4) is 0 Å². The average molecular weight is 284 g/mol. The largest absolute Gasteiger partial charge is 0.309 e. The van der Waals surface area contributed by atoms with Gasteiger partial charge in [-0.15, -0.1) is 0 Å². The molecule has 0 fully saturated rings. The highest BCUT2D eigenvalue weighted by Crippen LogP contribution is 2.29. The Hall–Kier alpha value is -2.33. The van der Waals surface area contributed by atoms with E-state index in [-0.39, 0.29) is 5.56 Å². The van der Waals surface area contributed by atoms with Crippen molar-refractivity contribution in [3.8, 4) is 0 Å². The van der Waals surface area contributed by atoms with Gasteiger partial charge in [-0.2, -0.15) is 0 Å². The summed E-state index contributed by atoms with van der Waals surface area (Å²) in [5.41, 5.74) is 1.98. The molecule has 1 atom stereocenters. The fourth-order valence-electron chi connectivity index (χ4n) is 2.59. The van der Waals surface area contributed by atoms with Crippen LogP contribution in [0.15, 0.2) is 54.7 Å². The van der Waals surface area contributed by atoms with Gasteiger partial charge in [0.1, 0.15) is 11.6 Å². The molecule has 21 heavy (non-hydrogen) atoms. The topological polar surface area (TPSA) is 24.9 Å². The maximum atomic E-state index is 14.1. The molecule has 0 saturated carbocycles. The number of nitrogens with one attached hydrogen (secondary N) is 1. The highest BCUT2D eigenvalue weighted by atomic mass is 19.1. The summed E-state index contributed by atoms with van der Waals surface area (Å²) < 4.78 is 27.5. The third-order valence-corrected chi connectivity index (χ3v) is 3.55. The molecule has 2 aromatic carbocycles. The van der Waals surface area contributed by atoms with Gasteiger partial charge in [0.05, 0.1) is 11.6 Å². The lowest BCUT2D eigenvalue weighted by Gasteiger charge is -2.19. The molecular formula is C17H14F2N2. The van der Waals surface area contributed by atoms with Gasteiger partial charge in [0, 0.05) is 17.1 Å². The normalized spacial score (nSPS) is 12.5. The number of pyridine rings is 1. The Labute approximate surface area is 121 Å². The second kappa shape index (κ2) is 5.58. The number of rotatable bonds is 3. The molecule has 0 amide bonds. The minimum atomic E-state index is -0.454. The summed E-state index contributed by atoms with van der Waals surface area (Å²) in [6, 6.07) is 12.5. The third-order valence-electron chi connectivity index (χ3n) is 3.55. The van der Waals surface area contributed by atoms with Crippen LogP contribution in [0.2, 0.25) is 0 Å². The number of fused-ring (bicyclic) bond motifs is 1. The fourth-order valence-corrected chi connectivity index (χ4v) is 2.59. The predicted molar refractivity (Wildman–Crippen MR) is 79.0 cm³/mol. The molecule has 106 valence electrons. The molecule has 0 radical (unpaired) electrons. The fraction of sp³-hybridized carbons (Fsp3) is 0.118. The summed E-state index contributed by atoms with van der Waals surface area (Å²) in [5.74, 6) is -0.887.